The number of carbonyl (C=O) groups excluding carboxylic acids is 1. The topological polar surface area (TPSA) is 76.5 Å². The summed E-state index contributed by atoms with van der Waals surface area (Å²) in [7, 11) is 0. The number of aryl methyl sites for hydroxylation is 2. The van der Waals surface area contributed by atoms with Crippen LogP contribution in [0.1, 0.15) is 78.5 Å². The van der Waals surface area contributed by atoms with E-state index in [0.29, 0.717) is 24.0 Å². The van der Waals surface area contributed by atoms with Gasteiger partial charge in [-0.05, 0) is 44.7 Å². The molecule has 0 radical (unpaired) electrons. The monoisotopic (exact) mass is 367 g/mol. The second-order valence-corrected chi connectivity index (χ2v) is 7.64. The molecule has 0 N–H and O–H groups in total. The van der Waals surface area contributed by atoms with Crippen LogP contribution >= 0.6 is 0 Å². The van der Waals surface area contributed by atoms with Gasteiger partial charge >= 0.3 is 0 Å². The van der Waals surface area contributed by atoms with E-state index in [-0.39, 0.29) is 17.9 Å². The zero-order chi connectivity index (χ0) is 19.1. The molecule has 1 aliphatic heterocycles. The predicted molar refractivity (Wildman–Crippen MR) is 101 cm³/mol. The molecular formula is C20H25N5O2. The van der Waals surface area contributed by atoms with E-state index in [2.05, 4.69) is 15.1 Å². The summed E-state index contributed by atoms with van der Waals surface area (Å²) in [5, 5.41) is 4.08. The van der Waals surface area contributed by atoms with Gasteiger partial charge in [0.1, 0.15) is 17.4 Å². The Bertz CT molecular complexity index is 988. The van der Waals surface area contributed by atoms with Gasteiger partial charge in [0.2, 0.25) is 5.89 Å². The normalized spacial score (nSPS) is 17.8. The second kappa shape index (κ2) is 6.79. The Balaban J connectivity index is 1.73. The first-order valence-electron chi connectivity index (χ1n) is 9.55. The summed E-state index contributed by atoms with van der Waals surface area (Å²) in [6.45, 7) is 8.64. The SMILES string of the molecule is Cc1ccc2nc(C)c(C(=O)N3CCCCC3c3nc(C(C)C)no3)n2c1. The number of fused-ring (bicyclic) bond motifs is 1. The number of imidazole rings is 1. The van der Waals surface area contributed by atoms with Crippen LogP contribution in [0.25, 0.3) is 5.65 Å². The van der Waals surface area contributed by atoms with Crippen LogP contribution in [0.15, 0.2) is 22.9 Å². The van der Waals surface area contributed by atoms with Crippen LogP contribution in [0.3, 0.4) is 0 Å². The Labute approximate surface area is 158 Å². The summed E-state index contributed by atoms with van der Waals surface area (Å²) in [5.41, 5.74) is 3.23. The molecular weight excluding hydrogens is 342 g/mol. The molecule has 1 amide bonds. The molecule has 142 valence electrons. The third-order valence-corrected chi connectivity index (χ3v) is 5.17. The van der Waals surface area contributed by atoms with Crippen molar-refractivity contribution < 1.29 is 9.32 Å². The standard InChI is InChI=1S/C20H25N5O2/c1-12(2)18-22-19(27-23-18)15-7-5-6-10-24(15)20(26)17-14(4)21-16-9-8-13(3)11-25(16)17/h8-9,11-12,15H,5-7,10H2,1-4H3. The van der Waals surface area contributed by atoms with Gasteiger partial charge in [0.05, 0.1) is 5.69 Å². The average molecular weight is 367 g/mol. The van der Waals surface area contributed by atoms with E-state index in [1.54, 1.807) is 0 Å². The van der Waals surface area contributed by atoms with E-state index in [1.165, 1.54) is 0 Å². The lowest BCUT2D eigenvalue weighted by Gasteiger charge is -2.33. The van der Waals surface area contributed by atoms with Crippen LogP contribution in [-0.2, 0) is 0 Å². The minimum Gasteiger partial charge on any atom is -0.337 e. The van der Waals surface area contributed by atoms with Crippen LogP contribution in [0.5, 0.6) is 0 Å². The summed E-state index contributed by atoms with van der Waals surface area (Å²) in [5.74, 6) is 1.39. The highest BCUT2D eigenvalue weighted by atomic mass is 16.5. The number of piperidine rings is 1. The number of rotatable bonds is 3. The van der Waals surface area contributed by atoms with Crippen LogP contribution < -0.4 is 0 Å². The van der Waals surface area contributed by atoms with Gasteiger partial charge < -0.3 is 9.42 Å². The molecule has 1 atom stereocenters. The molecule has 0 spiro atoms. The van der Waals surface area contributed by atoms with Crippen molar-refractivity contribution >= 4 is 11.6 Å². The maximum Gasteiger partial charge on any atom is 0.273 e. The zero-order valence-corrected chi connectivity index (χ0v) is 16.3. The van der Waals surface area contributed by atoms with Crippen molar-refractivity contribution in [2.24, 2.45) is 0 Å². The second-order valence-electron chi connectivity index (χ2n) is 7.64. The van der Waals surface area contributed by atoms with Crippen molar-refractivity contribution in [2.75, 3.05) is 6.54 Å². The molecule has 27 heavy (non-hydrogen) atoms. The summed E-state index contributed by atoms with van der Waals surface area (Å²) >= 11 is 0. The lowest BCUT2D eigenvalue weighted by molar-refractivity contribution is 0.0553. The zero-order valence-electron chi connectivity index (χ0n) is 16.3. The highest BCUT2D eigenvalue weighted by molar-refractivity contribution is 5.95. The van der Waals surface area contributed by atoms with Crippen molar-refractivity contribution in [3.8, 4) is 0 Å². The molecule has 0 aromatic carbocycles. The number of carbonyl (C=O) groups is 1. The number of likely N-dealkylation sites (tertiary alicyclic amines) is 1. The van der Waals surface area contributed by atoms with Gasteiger partial charge in [0, 0.05) is 18.7 Å². The van der Waals surface area contributed by atoms with Crippen molar-refractivity contribution in [1.29, 1.82) is 0 Å². The Morgan fingerprint density at radius 2 is 2.04 bits per heavy atom. The van der Waals surface area contributed by atoms with E-state index in [4.69, 9.17) is 4.52 Å². The third kappa shape index (κ3) is 3.11. The Morgan fingerprint density at radius 1 is 1.22 bits per heavy atom. The van der Waals surface area contributed by atoms with Gasteiger partial charge in [-0.2, -0.15) is 4.98 Å². The minimum absolute atomic E-state index is 0.0282. The first kappa shape index (κ1) is 17.7. The summed E-state index contributed by atoms with van der Waals surface area (Å²) in [4.78, 5) is 24.5. The molecule has 7 nitrogen and oxygen atoms in total. The fourth-order valence-corrected chi connectivity index (χ4v) is 3.71. The number of pyridine rings is 1. The highest BCUT2D eigenvalue weighted by Gasteiger charge is 2.34. The predicted octanol–water partition coefficient (Wildman–Crippen LogP) is 3.82. The van der Waals surface area contributed by atoms with E-state index >= 15 is 0 Å². The number of hydrogen-bond acceptors (Lipinski definition) is 5. The molecule has 4 rings (SSSR count). The van der Waals surface area contributed by atoms with Crippen LogP contribution in [0.4, 0.5) is 0 Å². The van der Waals surface area contributed by atoms with E-state index in [0.717, 1.165) is 36.2 Å². The van der Waals surface area contributed by atoms with Crippen molar-refractivity contribution in [2.45, 2.75) is 58.9 Å². The molecule has 1 unspecified atom stereocenters. The fourth-order valence-electron chi connectivity index (χ4n) is 3.71. The molecule has 0 aliphatic carbocycles. The maximum absolute atomic E-state index is 13.5. The van der Waals surface area contributed by atoms with Crippen LogP contribution in [0, 0.1) is 13.8 Å². The van der Waals surface area contributed by atoms with Crippen molar-refractivity contribution in [1.82, 2.24) is 24.4 Å². The van der Waals surface area contributed by atoms with E-state index in [1.807, 2.05) is 55.3 Å². The number of hydrogen-bond donors (Lipinski definition) is 0. The van der Waals surface area contributed by atoms with E-state index in [9.17, 15) is 4.79 Å². The summed E-state index contributed by atoms with van der Waals surface area (Å²) in [6.07, 6.45) is 4.81. The molecule has 1 fully saturated rings. The first-order chi connectivity index (χ1) is 13.0. The minimum atomic E-state index is -0.180. The number of nitrogens with zero attached hydrogens (tertiary/aromatic N) is 5. The molecule has 0 saturated carbocycles. The van der Waals surface area contributed by atoms with Crippen molar-refractivity contribution in [3.05, 3.63) is 47.0 Å². The first-order valence-corrected chi connectivity index (χ1v) is 9.55. The summed E-state index contributed by atoms with van der Waals surface area (Å²) < 4.78 is 7.42. The molecule has 1 aliphatic rings. The average Bonchev–Trinajstić information content (AvgIpc) is 3.25. The summed E-state index contributed by atoms with van der Waals surface area (Å²) in [6, 6.07) is 3.77. The van der Waals surface area contributed by atoms with Gasteiger partial charge in [0.15, 0.2) is 5.82 Å². The molecule has 0 bridgehead atoms. The van der Waals surface area contributed by atoms with Gasteiger partial charge in [-0.15, -0.1) is 0 Å². The number of aromatic nitrogens is 4. The quantitative estimate of drug-likeness (QED) is 0.703. The Morgan fingerprint density at radius 3 is 2.78 bits per heavy atom. The Kier molecular flexibility index (Phi) is 4.45. The van der Waals surface area contributed by atoms with Gasteiger partial charge in [-0.3, -0.25) is 9.20 Å². The fraction of sp³-hybridized carbons (Fsp3) is 0.500. The number of amides is 1. The molecule has 4 heterocycles. The van der Waals surface area contributed by atoms with Crippen LogP contribution in [0.2, 0.25) is 0 Å². The Hall–Kier alpha value is -2.70. The van der Waals surface area contributed by atoms with Gasteiger partial charge in [-0.25, -0.2) is 4.98 Å². The molecule has 3 aromatic rings. The van der Waals surface area contributed by atoms with E-state index < -0.39 is 0 Å². The lowest BCUT2D eigenvalue weighted by Crippen LogP contribution is -2.39. The maximum atomic E-state index is 13.5. The lowest BCUT2D eigenvalue weighted by atomic mass is 10.0. The smallest absolute Gasteiger partial charge is 0.273 e. The van der Waals surface area contributed by atoms with Crippen molar-refractivity contribution in [3.63, 3.8) is 0 Å². The van der Waals surface area contributed by atoms with Gasteiger partial charge in [0.25, 0.3) is 5.91 Å². The third-order valence-electron chi connectivity index (χ3n) is 5.17. The molecule has 7 heteroatoms. The van der Waals surface area contributed by atoms with Crippen LogP contribution in [-0.4, -0.2) is 36.9 Å². The largest absolute Gasteiger partial charge is 0.337 e. The molecule has 3 aromatic heterocycles. The van der Waals surface area contributed by atoms with Gasteiger partial charge in [-0.1, -0.05) is 25.1 Å². The highest BCUT2D eigenvalue weighted by Crippen LogP contribution is 2.32. The molecule has 1 saturated heterocycles.